The zero-order valence-corrected chi connectivity index (χ0v) is 17.9. The lowest BCUT2D eigenvalue weighted by Crippen LogP contribution is -2.47. The maximum atomic E-state index is 13.3. The lowest BCUT2D eigenvalue weighted by molar-refractivity contribution is -0.136. The van der Waals surface area contributed by atoms with Crippen LogP contribution >= 0.6 is 0 Å². The number of carbonyl (C=O) groups is 2. The number of carbonyl (C=O) groups excluding carboxylic acids is 2. The highest BCUT2D eigenvalue weighted by molar-refractivity contribution is 5.94. The lowest BCUT2D eigenvalue weighted by atomic mass is 9.85. The molecule has 1 aromatic carbocycles. The van der Waals surface area contributed by atoms with Gasteiger partial charge in [0.25, 0.3) is 5.91 Å². The molecule has 0 aliphatic carbocycles. The quantitative estimate of drug-likeness (QED) is 0.766. The van der Waals surface area contributed by atoms with E-state index in [1.165, 1.54) is 0 Å². The van der Waals surface area contributed by atoms with Crippen molar-refractivity contribution in [1.29, 1.82) is 0 Å². The van der Waals surface area contributed by atoms with Crippen LogP contribution < -0.4 is 0 Å². The van der Waals surface area contributed by atoms with Crippen LogP contribution in [0.15, 0.2) is 54.7 Å². The van der Waals surface area contributed by atoms with Crippen LogP contribution in [0.2, 0.25) is 0 Å². The van der Waals surface area contributed by atoms with Gasteiger partial charge in [-0.15, -0.1) is 0 Å². The zero-order chi connectivity index (χ0) is 21.3. The van der Waals surface area contributed by atoms with Gasteiger partial charge in [0.05, 0.1) is 17.7 Å². The van der Waals surface area contributed by atoms with Crippen molar-refractivity contribution in [3.05, 3.63) is 66.0 Å². The van der Waals surface area contributed by atoms with Crippen LogP contribution in [0.4, 0.5) is 0 Å². The summed E-state index contributed by atoms with van der Waals surface area (Å²) >= 11 is 0. The van der Waals surface area contributed by atoms with Crippen LogP contribution in [0.5, 0.6) is 0 Å². The Bertz CT molecular complexity index is 927. The van der Waals surface area contributed by atoms with Crippen molar-refractivity contribution in [2.24, 2.45) is 5.41 Å². The molecule has 3 aliphatic rings. The monoisotopic (exact) mass is 418 g/mol. The summed E-state index contributed by atoms with van der Waals surface area (Å²) in [6.07, 6.45) is 5.66. The van der Waals surface area contributed by atoms with E-state index in [1.807, 2.05) is 58.3 Å². The van der Waals surface area contributed by atoms with Gasteiger partial charge in [0.15, 0.2) is 0 Å². The van der Waals surface area contributed by atoms with Crippen LogP contribution in [-0.2, 0) is 11.3 Å². The first-order valence-electron chi connectivity index (χ1n) is 11.4. The fraction of sp³-hybridized carbons (Fsp3) is 0.480. The van der Waals surface area contributed by atoms with Crippen molar-refractivity contribution in [2.45, 2.75) is 38.3 Å². The van der Waals surface area contributed by atoms with Gasteiger partial charge in [-0.2, -0.15) is 0 Å². The summed E-state index contributed by atoms with van der Waals surface area (Å²) in [5.74, 6) is 0.436. The van der Waals surface area contributed by atoms with Crippen LogP contribution in [0.3, 0.4) is 0 Å². The number of aromatic nitrogens is 1. The molecule has 6 heteroatoms. The van der Waals surface area contributed by atoms with E-state index >= 15 is 0 Å². The topological polar surface area (TPSA) is 56.8 Å². The van der Waals surface area contributed by atoms with E-state index in [1.54, 1.807) is 6.20 Å². The van der Waals surface area contributed by atoms with Gasteiger partial charge in [-0.3, -0.25) is 19.5 Å². The number of amides is 2. The number of benzene rings is 1. The Morgan fingerprint density at radius 1 is 0.968 bits per heavy atom. The molecule has 1 spiro atoms. The molecular weight excluding hydrogens is 388 g/mol. The van der Waals surface area contributed by atoms with E-state index < -0.39 is 0 Å². The van der Waals surface area contributed by atoms with Crippen LogP contribution in [0.25, 0.3) is 0 Å². The molecule has 3 aliphatic heterocycles. The molecule has 0 bridgehead atoms. The summed E-state index contributed by atoms with van der Waals surface area (Å²) < 4.78 is 0. The van der Waals surface area contributed by atoms with Gasteiger partial charge in [0.1, 0.15) is 0 Å². The Labute approximate surface area is 183 Å². The third-order valence-corrected chi connectivity index (χ3v) is 7.35. The van der Waals surface area contributed by atoms with Crippen molar-refractivity contribution < 1.29 is 9.59 Å². The van der Waals surface area contributed by atoms with Gasteiger partial charge in [-0.1, -0.05) is 24.3 Å². The number of likely N-dealkylation sites (tertiary alicyclic amines) is 3. The van der Waals surface area contributed by atoms with E-state index in [2.05, 4.69) is 9.88 Å². The zero-order valence-electron chi connectivity index (χ0n) is 17.9. The third-order valence-electron chi connectivity index (χ3n) is 7.35. The summed E-state index contributed by atoms with van der Waals surface area (Å²) in [6.45, 7) is 4.88. The number of hydrogen-bond donors (Lipinski definition) is 0. The number of hydrogen-bond acceptors (Lipinski definition) is 4. The number of rotatable bonds is 4. The van der Waals surface area contributed by atoms with E-state index in [0.29, 0.717) is 18.5 Å². The Morgan fingerprint density at radius 2 is 1.71 bits per heavy atom. The average Bonchev–Trinajstić information content (AvgIpc) is 3.40. The summed E-state index contributed by atoms with van der Waals surface area (Å²) in [5.41, 5.74) is 1.51. The Morgan fingerprint density at radius 3 is 2.45 bits per heavy atom. The second-order valence-corrected chi connectivity index (χ2v) is 9.19. The summed E-state index contributed by atoms with van der Waals surface area (Å²) in [5, 5.41) is 0. The van der Waals surface area contributed by atoms with Gasteiger partial charge in [-0.25, -0.2) is 0 Å². The molecule has 31 heavy (non-hydrogen) atoms. The van der Waals surface area contributed by atoms with Gasteiger partial charge < -0.3 is 9.80 Å². The molecule has 0 N–H and O–H groups in total. The van der Waals surface area contributed by atoms with Crippen molar-refractivity contribution in [1.82, 2.24) is 19.7 Å². The Balaban J connectivity index is 1.16. The van der Waals surface area contributed by atoms with Crippen LogP contribution in [0, 0.1) is 5.41 Å². The molecule has 1 aromatic heterocycles. The molecule has 0 radical (unpaired) electrons. The summed E-state index contributed by atoms with van der Waals surface area (Å²) in [4.78, 5) is 36.9. The van der Waals surface area contributed by atoms with E-state index in [0.717, 1.165) is 69.7 Å². The predicted molar refractivity (Wildman–Crippen MR) is 118 cm³/mol. The van der Waals surface area contributed by atoms with E-state index in [9.17, 15) is 9.59 Å². The standard InChI is InChI=1S/C25H30N4O2/c30-23(20-6-2-1-3-7-20)27-14-9-22(10-15-27)29-17-12-25(19-29)11-16-28(24(25)31)18-21-8-4-5-13-26-21/h1-8,13,22H,9-12,14-19H2. The fourth-order valence-electron chi connectivity index (χ4n) is 5.52. The van der Waals surface area contributed by atoms with Gasteiger partial charge in [0, 0.05) is 44.0 Å². The molecule has 3 fully saturated rings. The number of pyridine rings is 1. The Hall–Kier alpha value is -2.73. The first-order chi connectivity index (χ1) is 15.1. The number of nitrogens with zero attached hydrogens (tertiary/aromatic N) is 4. The fourth-order valence-corrected chi connectivity index (χ4v) is 5.52. The normalized spacial score (nSPS) is 25.0. The third kappa shape index (κ3) is 3.97. The molecular formula is C25H30N4O2. The van der Waals surface area contributed by atoms with E-state index in [4.69, 9.17) is 0 Å². The smallest absolute Gasteiger partial charge is 0.253 e. The SMILES string of the molecule is O=C(c1ccccc1)N1CCC(N2CCC3(CCN(Cc4ccccn4)C3=O)C2)CC1. The molecule has 2 aromatic rings. The van der Waals surface area contributed by atoms with Crippen molar-refractivity contribution in [2.75, 3.05) is 32.7 Å². The maximum absolute atomic E-state index is 13.3. The minimum Gasteiger partial charge on any atom is -0.339 e. The highest BCUT2D eigenvalue weighted by Crippen LogP contribution is 2.42. The average molecular weight is 419 g/mol. The van der Waals surface area contributed by atoms with Gasteiger partial charge in [0.2, 0.25) is 5.91 Å². The van der Waals surface area contributed by atoms with Crippen molar-refractivity contribution in [3.63, 3.8) is 0 Å². The Kier molecular flexibility index (Phi) is 5.48. The highest BCUT2D eigenvalue weighted by Gasteiger charge is 2.51. The largest absolute Gasteiger partial charge is 0.339 e. The summed E-state index contributed by atoms with van der Waals surface area (Å²) in [7, 11) is 0. The molecule has 4 heterocycles. The summed E-state index contributed by atoms with van der Waals surface area (Å²) in [6, 6.07) is 15.9. The molecule has 1 unspecified atom stereocenters. The van der Waals surface area contributed by atoms with Crippen molar-refractivity contribution >= 4 is 11.8 Å². The number of piperidine rings is 1. The minimum atomic E-state index is -0.216. The van der Waals surface area contributed by atoms with Gasteiger partial charge in [-0.05, 0) is 56.5 Å². The van der Waals surface area contributed by atoms with Gasteiger partial charge >= 0.3 is 0 Å². The molecule has 1 atom stereocenters. The first-order valence-corrected chi connectivity index (χ1v) is 11.4. The molecule has 5 rings (SSSR count). The predicted octanol–water partition coefficient (Wildman–Crippen LogP) is 2.81. The molecule has 0 saturated carbocycles. The molecule has 2 amide bonds. The molecule has 6 nitrogen and oxygen atoms in total. The minimum absolute atomic E-state index is 0.132. The van der Waals surface area contributed by atoms with Crippen LogP contribution in [0.1, 0.15) is 41.7 Å². The second-order valence-electron chi connectivity index (χ2n) is 9.19. The molecule has 3 saturated heterocycles. The highest BCUT2D eigenvalue weighted by atomic mass is 16.2. The molecule has 162 valence electrons. The van der Waals surface area contributed by atoms with Crippen molar-refractivity contribution in [3.8, 4) is 0 Å². The second kappa shape index (κ2) is 8.42. The first kappa shape index (κ1) is 20.2. The van der Waals surface area contributed by atoms with E-state index in [-0.39, 0.29) is 11.3 Å². The lowest BCUT2D eigenvalue weighted by Gasteiger charge is -2.37. The maximum Gasteiger partial charge on any atom is 0.253 e. The van der Waals surface area contributed by atoms with Crippen LogP contribution in [-0.4, -0.2) is 70.3 Å².